The van der Waals surface area contributed by atoms with E-state index in [9.17, 15) is 13.2 Å². The lowest BCUT2D eigenvalue weighted by Gasteiger charge is -2.17. The Labute approximate surface area is 118 Å². The van der Waals surface area contributed by atoms with Crippen LogP contribution >= 0.6 is 0 Å². The third kappa shape index (κ3) is 2.71. The van der Waals surface area contributed by atoms with Crippen molar-refractivity contribution in [2.75, 3.05) is 20.1 Å². The SMILES string of the molecule is CNS(=O)(=O)C1CCN(C(=O)c2cn[nH]c2C(C)C)C1. The normalized spacial score (nSPS) is 19.8. The van der Waals surface area contributed by atoms with Crippen LogP contribution in [0.1, 0.15) is 42.2 Å². The van der Waals surface area contributed by atoms with E-state index in [1.807, 2.05) is 13.8 Å². The molecular formula is C12H20N4O3S. The fourth-order valence-electron chi connectivity index (χ4n) is 2.41. The van der Waals surface area contributed by atoms with Gasteiger partial charge in [0.15, 0.2) is 0 Å². The van der Waals surface area contributed by atoms with Crippen molar-refractivity contribution in [1.29, 1.82) is 0 Å². The molecule has 1 aliphatic rings. The number of nitrogens with zero attached hydrogens (tertiary/aromatic N) is 2. The molecule has 7 nitrogen and oxygen atoms in total. The fraction of sp³-hybridized carbons (Fsp3) is 0.667. The monoisotopic (exact) mass is 300 g/mol. The van der Waals surface area contributed by atoms with Gasteiger partial charge in [-0.1, -0.05) is 13.8 Å². The first-order valence-corrected chi connectivity index (χ1v) is 8.16. The largest absolute Gasteiger partial charge is 0.337 e. The van der Waals surface area contributed by atoms with E-state index in [0.29, 0.717) is 18.5 Å². The van der Waals surface area contributed by atoms with E-state index in [1.165, 1.54) is 13.2 Å². The van der Waals surface area contributed by atoms with Gasteiger partial charge in [-0.3, -0.25) is 9.89 Å². The third-order valence-electron chi connectivity index (χ3n) is 3.63. The Kier molecular flexibility index (Phi) is 4.14. The van der Waals surface area contributed by atoms with Gasteiger partial charge in [0, 0.05) is 13.1 Å². The first kappa shape index (κ1) is 15.0. The number of carbonyl (C=O) groups is 1. The zero-order valence-corrected chi connectivity index (χ0v) is 12.7. The number of nitrogens with one attached hydrogen (secondary N) is 2. The van der Waals surface area contributed by atoms with E-state index in [1.54, 1.807) is 4.90 Å². The van der Waals surface area contributed by atoms with E-state index in [-0.39, 0.29) is 18.4 Å². The lowest BCUT2D eigenvalue weighted by atomic mass is 10.1. The number of likely N-dealkylation sites (tertiary alicyclic amines) is 1. The minimum Gasteiger partial charge on any atom is -0.337 e. The molecule has 1 aromatic heterocycles. The molecule has 2 rings (SSSR count). The Hall–Kier alpha value is -1.41. The van der Waals surface area contributed by atoms with E-state index in [4.69, 9.17) is 0 Å². The molecule has 0 radical (unpaired) electrons. The van der Waals surface area contributed by atoms with Crippen LogP contribution in [-0.4, -0.2) is 54.8 Å². The van der Waals surface area contributed by atoms with Crippen LogP contribution in [0.15, 0.2) is 6.20 Å². The van der Waals surface area contributed by atoms with Gasteiger partial charge in [0.25, 0.3) is 5.91 Å². The maximum absolute atomic E-state index is 12.4. The Morgan fingerprint density at radius 1 is 1.55 bits per heavy atom. The molecule has 2 N–H and O–H groups in total. The molecule has 1 aromatic rings. The number of hydrogen-bond acceptors (Lipinski definition) is 4. The number of sulfonamides is 1. The molecule has 0 spiro atoms. The molecular weight excluding hydrogens is 280 g/mol. The Balaban J connectivity index is 2.14. The van der Waals surface area contributed by atoms with Crippen LogP contribution in [0.3, 0.4) is 0 Å². The van der Waals surface area contributed by atoms with E-state index < -0.39 is 15.3 Å². The molecule has 0 saturated carbocycles. The summed E-state index contributed by atoms with van der Waals surface area (Å²) in [6.45, 7) is 4.63. The lowest BCUT2D eigenvalue weighted by molar-refractivity contribution is 0.0791. The maximum Gasteiger partial charge on any atom is 0.257 e. The van der Waals surface area contributed by atoms with Crippen molar-refractivity contribution >= 4 is 15.9 Å². The number of aromatic amines is 1. The molecule has 1 amide bonds. The number of H-pyrrole nitrogens is 1. The Bertz CT molecular complexity index is 594. The smallest absolute Gasteiger partial charge is 0.257 e. The molecule has 1 atom stereocenters. The molecule has 112 valence electrons. The van der Waals surface area contributed by atoms with E-state index >= 15 is 0 Å². The van der Waals surface area contributed by atoms with Gasteiger partial charge < -0.3 is 4.90 Å². The molecule has 8 heteroatoms. The second-order valence-corrected chi connectivity index (χ2v) is 7.43. The Morgan fingerprint density at radius 2 is 2.25 bits per heavy atom. The minimum absolute atomic E-state index is 0.156. The van der Waals surface area contributed by atoms with Crippen LogP contribution in [0, 0.1) is 0 Å². The number of hydrogen-bond donors (Lipinski definition) is 2. The first-order valence-electron chi connectivity index (χ1n) is 6.61. The molecule has 0 aromatic carbocycles. The summed E-state index contributed by atoms with van der Waals surface area (Å²) in [6, 6.07) is 0. The highest BCUT2D eigenvalue weighted by Crippen LogP contribution is 2.22. The maximum atomic E-state index is 12.4. The quantitative estimate of drug-likeness (QED) is 0.836. The Morgan fingerprint density at radius 3 is 2.85 bits per heavy atom. The van der Waals surface area contributed by atoms with E-state index in [2.05, 4.69) is 14.9 Å². The summed E-state index contributed by atoms with van der Waals surface area (Å²) in [6.07, 6.45) is 1.97. The summed E-state index contributed by atoms with van der Waals surface area (Å²) in [5.74, 6) is 0.00661. The van der Waals surface area contributed by atoms with Gasteiger partial charge in [-0.15, -0.1) is 0 Å². The van der Waals surface area contributed by atoms with Crippen molar-refractivity contribution in [3.8, 4) is 0 Å². The van der Waals surface area contributed by atoms with Gasteiger partial charge >= 0.3 is 0 Å². The van der Waals surface area contributed by atoms with Crippen molar-refractivity contribution in [3.63, 3.8) is 0 Å². The third-order valence-corrected chi connectivity index (χ3v) is 5.46. The van der Waals surface area contributed by atoms with Crippen LogP contribution in [0.4, 0.5) is 0 Å². The highest BCUT2D eigenvalue weighted by atomic mass is 32.2. The van der Waals surface area contributed by atoms with Crippen molar-refractivity contribution in [3.05, 3.63) is 17.5 Å². The summed E-state index contributed by atoms with van der Waals surface area (Å²) in [5, 5.41) is 6.21. The zero-order valence-electron chi connectivity index (χ0n) is 11.9. The van der Waals surface area contributed by atoms with Crippen LogP contribution in [0.2, 0.25) is 0 Å². The molecule has 1 saturated heterocycles. The second-order valence-electron chi connectivity index (χ2n) is 5.26. The summed E-state index contributed by atoms with van der Waals surface area (Å²) in [7, 11) is -1.93. The summed E-state index contributed by atoms with van der Waals surface area (Å²) >= 11 is 0. The van der Waals surface area contributed by atoms with Gasteiger partial charge in [0.2, 0.25) is 10.0 Å². The highest BCUT2D eigenvalue weighted by molar-refractivity contribution is 7.90. The predicted octanol–water partition coefficient (Wildman–Crippen LogP) is 0.297. The number of aromatic nitrogens is 2. The van der Waals surface area contributed by atoms with Gasteiger partial charge in [0.1, 0.15) is 0 Å². The molecule has 0 bridgehead atoms. The molecule has 2 heterocycles. The fourth-order valence-corrected chi connectivity index (χ4v) is 3.53. The van der Waals surface area contributed by atoms with E-state index in [0.717, 1.165) is 5.69 Å². The van der Waals surface area contributed by atoms with Gasteiger partial charge in [0.05, 0.1) is 22.7 Å². The molecule has 1 fully saturated rings. The van der Waals surface area contributed by atoms with Crippen LogP contribution in [-0.2, 0) is 10.0 Å². The zero-order chi connectivity index (χ0) is 14.9. The summed E-state index contributed by atoms with van der Waals surface area (Å²) in [4.78, 5) is 14.0. The number of carbonyl (C=O) groups excluding carboxylic acids is 1. The molecule has 0 aliphatic carbocycles. The average Bonchev–Trinajstić information content (AvgIpc) is 3.07. The van der Waals surface area contributed by atoms with Gasteiger partial charge in [-0.05, 0) is 19.4 Å². The topological polar surface area (TPSA) is 95.2 Å². The molecule has 1 unspecified atom stereocenters. The van der Waals surface area contributed by atoms with Crippen molar-refractivity contribution in [2.24, 2.45) is 0 Å². The minimum atomic E-state index is -3.33. The van der Waals surface area contributed by atoms with Gasteiger partial charge in [-0.2, -0.15) is 5.10 Å². The summed E-state index contributed by atoms with van der Waals surface area (Å²) in [5.41, 5.74) is 1.32. The van der Waals surface area contributed by atoms with Crippen molar-refractivity contribution in [1.82, 2.24) is 19.8 Å². The molecule has 1 aliphatic heterocycles. The number of amides is 1. The lowest BCUT2D eigenvalue weighted by Crippen LogP contribution is -2.36. The highest BCUT2D eigenvalue weighted by Gasteiger charge is 2.35. The average molecular weight is 300 g/mol. The summed E-state index contributed by atoms with van der Waals surface area (Å²) < 4.78 is 25.9. The van der Waals surface area contributed by atoms with Crippen molar-refractivity contribution < 1.29 is 13.2 Å². The number of rotatable bonds is 4. The molecule has 20 heavy (non-hydrogen) atoms. The predicted molar refractivity (Wildman–Crippen MR) is 75.0 cm³/mol. The standard InChI is InChI=1S/C12H20N4O3S/c1-8(2)11-10(6-14-15-11)12(17)16-5-4-9(7-16)20(18,19)13-3/h6,8-9,13H,4-5,7H2,1-3H3,(H,14,15). The van der Waals surface area contributed by atoms with Crippen molar-refractivity contribution in [2.45, 2.75) is 31.4 Å². The van der Waals surface area contributed by atoms with Gasteiger partial charge in [-0.25, -0.2) is 13.1 Å². The van der Waals surface area contributed by atoms with Crippen LogP contribution in [0.25, 0.3) is 0 Å². The van der Waals surface area contributed by atoms with Crippen LogP contribution < -0.4 is 4.72 Å². The second kappa shape index (κ2) is 5.53. The first-order chi connectivity index (χ1) is 9.36. The van der Waals surface area contributed by atoms with Crippen LogP contribution in [0.5, 0.6) is 0 Å².